The van der Waals surface area contributed by atoms with Crippen LogP contribution >= 0.6 is 15.9 Å². The maximum Gasteiger partial charge on any atom is 0.0538 e. The van der Waals surface area contributed by atoms with E-state index in [4.69, 9.17) is 4.74 Å². The molecule has 1 aromatic rings. The third-order valence-corrected chi connectivity index (χ3v) is 2.38. The lowest BCUT2D eigenvalue weighted by molar-refractivity contribution is 0.110. The first-order chi connectivity index (χ1) is 7.68. The number of aromatic nitrogens is 1. The van der Waals surface area contributed by atoms with Crippen LogP contribution in [0, 0.1) is 5.92 Å². The van der Waals surface area contributed by atoms with Crippen LogP contribution in [0.15, 0.2) is 22.9 Å². The van der Waals surface area contributed by atoms with Crippen LogP contribution < -0.4 is 5.32 Å². The number of nitrogens with zero attached hydrogens (tertiary/aromatic N) is 1. The molecule has 3 nitrogen and oxygen atoms in total. The van der Waals surface area contributed by atoms with Gasteiger partial charge in [0.2, 0.25) is 0 Å². The second-order valence-electron chi connectivity index (χ2n) is 4.14. The van der Waals surface area contributed by atoms with E-state index in [0.717, 1.165) is 36.3 Å². The largest absolute Gasteiger partial charge is 0.384 e. The third kappa shape index (κ3) is 6.08. The van der Waals surface area contributed by atoms with E-state index in [1.54, 1.807) is 6.20 Å². The van der Waals surface area contributed by atoms with Gasteiger partial charge in [-0.2, -0.15) is 0 Å². The zero-order valence-corrected chi connectivity index (χ0v) is 11.5. The van der Waals surface area contributed by atoms with Gasteiger partial charge < -0.3 is 10.1 Å². The summed E-state index contributed by atoms with van der Waals surface area (Å²) in [6, 6.07) is 2.02. The molecule has 1 aromatic heterocycles. The van der Waals surface area contributed by atoms with Crippen LogP contribution in [0.1, 0.15) is 20.3 Å². The molecule has 4 heteroatoms. The average molecular weight is 287 g/mol. The first-order valence-electron chi connectivity index (χ1n) is 5.60. The fraction of sp³-hybridized carbons (Fsp3) is 0.583. The van der Waals surface area contributed by atoms with Crippen LogP contribution in [0.5, 0.6) is 0 Å². The van der Waals surface area contributed by atoms with E-state index in [1.807, 2.05) is 12.3 Å². The Hall–Kier alpha value is -0.610. The molecule has 16 heavy (non-hydrogen) atoms. The van der Waals surface area contributed by atoms with E-state index in [2.05, 4.69) is 40.1 Å². The molecule has 0 atom stereocenters. The first-order valence-corrected chi connectivity index (χ1v) is 6.40. The van der Waals surface area contributed by atoms with Gasteiger partial charge in [0.25, 0.3) is 0 Å². The third-order valence-electron chi connectivity index (χ3n) is 1.95. The quantitative estimate of drug-likeness (QED) is 0.781. The molecule has 1 rings (SSSR count). The van der Waals surface area contributed by atoms with Crippen molar-refractivity contribution in [3.63, 3.8) is 0 Å². The molecule has 0 aliphatic rings. The highest BCUT2D eigenvalue weighted by molar-refractivity contribution is 9.10. The number of ether oxygens (including phenoxy) is 1. The van der Waals surface area contributed by atoms with Gasteiger partial charge in [-0.3, -0.25) is 4.98 Å². The van der Waals surface area contributed by atoms with Crippen LogP contribution in [-0.4, -0.2) is 24.7 Å². The molecule has 0 unspecified atom stereocenters. The van der Waals surface area contributed by atoms with E-state index in [-0.39, 0.29) is 0 Å². The highest BCUT2D eigenvalue weighted by Gasteiger charge is 1.95. The van der Waals surface area contributed by atoms with Crippen molar-refractivity contribution in [1.82, 2.24) is 4.98 Å². The molecule has 0 aromatic carbocycles. The predicted octanol–water partition coefficient (Wildman–Crippen LogP) is 3.32. The van der Waals surface area contributed by atoms with Crippen molar-refractivity contribution >= 4 is 21.6 Å². The normalized spacial score (nSPS) is 10.8. The van der Waals surface area contributed by atoms with Crippen molar-refractivity contribution < 1.29 is 4.74 Å². The number of halogens is 1. The van der Waals surface area contributed by atoms with E-state index in [1.165, 1.54) is 0 Å². The Kier molecular flexibility index (Phi) is 6.42. The Labute approximate surface area is 106 Å². The average Bonchev–Trinajstić information content (AvgIpc) is 2.23. The monoisotopic (exact) mass is 286 g/mol. The zero-order valence-electron chi connectivity index (χ0n) is 9.87. The molecular weight excluding hydrogens is 268 g/mol. The number of hydrogen-bond acceptors (Lipinski definition) is 3. The van der Waals surface area contributed by atoms with Crippen LogP contribution in [0.2, 0.25) is 0 Å². The standard InChI is InChI=1S/C12H19BrN2O/c1-10(2)9-16-5-3-4-15-12-6-11(13)7-14-8-12/h6-8,10,15H,3-5,9H2,1-2H3. The fourth-order valence-electron chi connectivity index (χ4n) is 1.23. The van der Waals surface area contributed by atoms with Gasteiger partial charge in [0.05, 0.1) is 11.9 Å². The highest BCUT2D eigenvalue weighted by Crippen LogP contribution is 2.13. The Morgan fingerprint density at radius 2 is 2.25 bits per heavy atom. The SMILES string of the molecule is CC(C)COCCCNc1cncc(Br)c1. The second-order valence-corrected chi connectivity index (χ2v) is 5.06. The lowest BCUT2D eigenvalue weighted by atomic mass is 10.2. The Bertz CT molecular complexity index is 305. The Morgan fingerprint density at radius 3 is 2.94 bits per heavy atom. The molecule has 0 bridgehead atoms. The molecule has 0 saturated heterocycles. The number of nitrogens with one attached hydrogen (secondary N) is 1. The topological polar surface area (TPSA) is 34.1 Å². The molecule has 90 valence electrons. The molecule has 1 heterocycles. The summed E-state index contributed by atoms with van der Waals surface area (Å²) in [7, 11) is 0. The molecule has 0 fully saturated rings. The number of hydrogen-bond donors (Lipinski definition) is 1. The fourth-order valence-corrected chi connectivity index (χ4v) is 1.60. The predicted molar refractivity (Wildman–Crippen MR) is 70.7 cm³/mol. The van der Waals surface area contributed by atoms with Gasteiger partial charge >= 0.3 is 0 Å². The van der Waals surface area contributed by atoms with Crippen LogP contribution in [-0.2, 0) is 4.74 Å². The lowest BCUT2D eigenvalue weighted by Gasteiger charge is -2.08. The number of pyridine rings is 1. The molecule has 0 aliphatic carbocycles. The Morgan fingerprint density at radius 1 is 1.44 bits per heavy atom. The first kappa shape index (κ1) is 13.5. The lowest BCUT2D eigenvalue weighted by Crippen LogP contribution is -2.08. The summed E-state index contributed by atoms with van der Waals surface area (Å²) in [6.07, 6.45) is 4.61. The molecule has 1 N–H and O–H groups in total. The molecule has 0 aliphatic heterocycles. The van der Waals surface area contributed by atoms with Gasteiger partial charge in [0.15, 0.2) is 0 Å². The molecule has 0 radical (unpaired) electrons. The van der Waals surface area contributed by atoms with Gasteiger partial charge in [0.1, 0.15) is 0 Å². The van der Waals surface area contributed by atoms with Crippen molar-refractivity contribution in [2.75, 3.05) is 25.1 Å². The van der Waals surface area contributed by atoms with Crippen LogP contribution in [0.25, 0.3) is 0 Å². The van der Waals surface area contributed by atoms with Gasteiger partial charge in [-0.25, -0.2) is 0 Å². The smallest absolute Gasteiger partial charge is 0.0538 e. The second kappa shape index (κ2) is 7.63. The van der Waals surface area contributed by atoms with E-state index < -0.39 is 0 Å². The highest BCUT2D eigenvalue weighted by atomic mass is 79.9. The number of rotatable bonds is 7. The van der Waals surface area contributed by atoms with Crippen LogP contribution in [0.4, 0.5) is 5.69 Å². The molecular formula is C12H19BrN2O. The summed E-state index contributed by atoms with van der Waals surface area (Å²) in [4.78, 5) is 4.08. The van der Waals surface area contributed by atoms with Crippen molar-refractivity contribution in [1.29, 1.82) is 0 Å². The van der Waals surface area contributed by atoms with E-state index >= 15 is 0 Å². The van der Waals surface area contributed by atoms with Gasteiger partial charge in [0, 0.05) is 30.4 Å². The van der Waals surface area contributed by atoms with Gasteiger partial charge in [-0.15, -0.1) is 0 Å². The minimum Gasteiger partial charge on any atom is -0.384 e. The minimum atomic E-state index is 0.613. The van der Waals surface area contributed by atoms with Crippen molar-refractivity contribution in [2.45, 2.75) is 20.3 Å². The van der Waals surface area contributed by atoms with Crippen molar-refractivity contribution in [3.05, 3.63) is 22.9 Å². The summed E-state index contributed by atoms with van der Waals surface area (Å²) in [5.74, 6) is 0.613. The summed E-state index contributed by atoms with van der Waals surface area (Å²) in [5.41, 5.74) is 1.04. The molecule has 0 saturated carbocycles. The number of anilines is 1. The van der Waals surface area contributed by atoms with Crippen molar-refractivity contribution in [3.8, 4) is 0 Å². The minimum absolute atomic E-state index is 0.613. The van der Waals surface area contributed by atoms with E-state index in [9.17, 15) is 0 Å². The maximum atomic E-state index is 5.49. The molecule has 0 amide bonds. The zero-order chi connectivity index (χ0) is 11.8. The Balaban J connectivity index is 2.07. The maximum absolute atomic E-state index is 5.49. The van der Waals surface area contributed by atoms with Gasteiger partial charge in [-0.1, -0.05) is 13.8 Å². The van der Waals surface area contributed by atoms with Crippen molar-refractivity contribution in [2.24, 2.45) is 5.92 Å². The molecule has 0 spiro atoms. The summed E-state index contributed by atoms with van der Waals surface area (Å²) in [6.45, 7) is 6.89. The van der Waals surface area contributed by atoms with E-state index in [0.29, 0.717) is 5.92 Å². The summed E-state index contributed by atoms with van der Waals surface area (Å²) in [5, 5.41) is 3.30. The summed E-state index contributed by atoms with van der Waals surface area (Å²) < 4.78 is 6.49. The van der Waals surface area contributed by atoms with Crippen LogP contribution in [0.3, 0.4) is 0 Å². The van der Waals surface area contributed by atoms with Gasteiger partial charge in [-0.05, 0) is 34.3 Å². The summed E-state index contributed by atoms with van der Waals surface area (Å²) >= 11 is 3.38.